The number of amides is 2. The minimum atomic E-state index is -0.170. The topological polar surface area (TPSA) is 93.1 Å². The smallest absolute Gasteiger partial charge is 0.246 e. The van der Waals surface area contributed by atoms with Crippen LogP contribution in [0.2, 0.25) is 0 Å². The van der Waals surface area contributed by atoms with E-state index in [1.165, 1.54) is 0 Å². The second-order valence-corrected chi connectivity index (χ2v) is 6.92. The monoisotopic (exact) mass is 365 g/mol. The van der Waals surface area contributed by atoms with Gasteiger partial charge in [-0.2, -0.15) is 10.4 Å². The lowest BCUT2D eigenvalue weighted by Gasteiger charge is -2.39. The second-order valence-electron chi connectivity index (χ2n) is 6.92. The minimum Gasteiger partial charge on any atom is -0.329 e. The molecule has 3 rings (SSSR count). The van der Waals surface area contributed by atoms with Gasteiger partial charge in [-0.25, -0.2) is 0 Å². The largest absolute Gasteiger partial charge is 0.329 e. The summed E-state index contributed by atoms with van der Waals surface area (Å²) in [5.74, 6) is -0.222. The molecule has 0 spiro atoms. The fourth-order valence-electron chi connectivity index (χ4n) is 3.37. The van der Waals surface area contributed by atoms with E-state index in [-0.39, 0.29) is 24.4 Å². The third kappa shape index (κ3) is 3.70. The molecule has 7 heteroatoms. The van der Waals surface area contributed by atoms with Gasteiger partial charge in [-0.15, -0.1) is 0 Å². The van der Waals surface area contributed by atoms with Crippen LogP contribution in [-0.2, 0) is 16.0 Å². The van der Waals surface area contributed by atoms with Crippen LogP contribution in [0.4, 0.5) is 5.69 Å². The van der Waals surface area contributed by atoms with Gasteiger partial charge in [-0.3, -0.25) is 14.7 Å². The first-order valence-corrected chi connectivity index (χ1v) is 9.01. The average molecular weight is 365 g/mol. The van der Waals surface area contributed by atoms with E-state index in [4.69, 9.17) is 0 Å². The van der Waals surface area contributed by atoms with Crippen LogP contribution in [0.25, 0.3) is 0 Å². The number of nitrogens with zero attached hydrogens (tertiary/aromatic N) is 4. The van der Waals surface area contributed by atoms with Crippen LogP contribution in [0, 0.1) is 25.2 Å². The summed E-state index contributed by atoms with van der Waals surface area (Å²) in [6.45, 7) is 6.27. The molecule has 1 aromatic carbocycles. The third-order valence-electron chi connectivity index (χ3n) is 5.15. The molecular weight excluding hydrogens is 342 g/mol. The number of aryl methyl sites for hydroxylation is 2. The van der Waals surface area contributed by atoms with E-state index in [9.17, 15) is 14.9 Å². The predicted molar refractivity (Wildman–Crippen MR) is 101 cm³/mol. The molecule has 140 valence electrons. The zero-order chi connectivity index (χ0) is 19.6. The lowest BCUT2D eigenvalue weighted by molar-refractivity contribution is -0.139. The molecule has 0 aliphatic carbocycles. The number of anilines is 1. The minimum absolute atomic E-state index is 0.0261. The van der Waals surface area contributed by atoms with Crippen molar-refractivity contribution in [3.8, 4) is 6.07 Å². The summed E-state index contributed by atoms with van der Waals surface area (Å²) < 4.78 is 0. The second kappa shape index (κ2) is 7.62. The predicted octanol–water partition coefficient (Wildman–Crippen LogP) is 2.09. The van der Waals surface area contributed by atoms with Crippen molar-refractivity contribution in [3.63, 3.8) is 0 Å². The number of nitrogens with one attached hydrogen (secondary N) is 1. The number of para-hydroxylation sites is 1. The number of hydrogen-bond donors (Lipinski definition) is 1. The molecular formula is C20H23N5O2. The van der Waals surface area contributed by atoms with Gasteiger partial charge < -0.3 is 9.80 Å². The van der Waals surface area contributed by atoms with Crippen LogP contribution in [0.15, 0.2) is 24.3 Å². The lowest BCUT2D eigenvalue weighted by atomic mass is 10.1. The molecule has 1 saturated heterocycles. The lowest BCUT2D eigenvalue weighted by Crippen LogP contribution is -2.57. The van der Waals surface area contributed by atoms with Crippen LogP contribution in [0.1, 0.15) is 35.9 Å². The first-order chi connectivity index (χ1) is 12.9. The Morgan fingerprint density at radius 2 is 2.11 bits per heavy atom. The highest BCUT2D eigenvalue weighted by atomic mass is 16.2. The number of aromatic amines is 1. The van der Waals surface area contributed by atoms with Crippen molar-refractivity contribution in [2.45, 2.75) is 39.7 Å². The van der Waals surface area contributed by atoms with E-state index in [2.05, 4.69) is 16.3 Å². The summed E-state index contributed by atoms with van der Waals surface area (Å²) in [4.78, 5) is 28.6. The molecule has 1 fully saturated rings. The van der Waals surface area contributed by atoms with Crippen LogP contribution in [-0.4, -0.2) is 46.0 Å². The van der Waals surface area contributed by atoms with Crippen molar-refractivity contribution < 1.29 is 9.59 Å². The van der Waals surface area contributed by atoms with Gasteiger partial charge in [0.2, 0.25) is 11.8 Å². The molecule has 1 aliphatic rings. The fraction of sp³-hybridized carbons (Fsp3) is 0.400. The van der Waals surface area contributed by atoms with Crippen molar-refractivity contribution in [3.05, 3.63) is 46.8 Å². The Hall–Kier alpha value is -3.14. The van der Waals surface area contributed by atoms with Crippen LogP contribution in [0.5, 0.6) is 0 Å². The first-order valence-electron chi connectivity index (χ1n) is 9.01. The molecule has 27 heavy (non-hydrogen) atoms. The Morgan fingerprint density at radius 1 is 1.37 bits per heavy atom. The number of rotatable bonds is 4. The van der Waals surface area contributed by atoms with Gasteiger partial charge in [0.05, 0.1) is 16.9 Å². The number of carbonyl (C=O) groups is 2. The van der Waals surface area contributed by atoms with Gasteiger partial charge in [0, 0.05) is 31.1 Å². The van der Waals surface area contributed by atoms with E-state index in [0.717, 1.165) is 17.0 Å². The quantitative estimate of drug-likeness (QED) is 0.898. The van der Waals surface area contributed by atoms with Crippen molar-refractivity contribution >= 4 is 17.5 Å². The van der Waals surface area contributed by atoms with Crippen molar-refractivity contribution in [1.29, 1.82) is 5.26 Å². The van der Waals surface area contributed by atoms with Gasteiger partial charge in [-0.05, 0) is 38.5 Å². The summed E-state index contributed by atoms with van der Waals surface area (Å²) in [6.07, 6.45) is 0.866. The number of aromatic nitrogens is 2. The van der Waals surface area contributed by atoms with Crippen LogP contribution < -0.4 is 4.90 Å². The van der Waals surface area contributed by atoms with Gasteiger partial charge in [0.1, 0.15) is 12.6 Å². The molecule has 1 aromatic heterocycles. The number of piperazine rings is 1. The Labute approximate surface area is 158 Å². The summed E-state index contributed by atoms with van der Waals surface area (Å²) >= 11 is 0. The summed E-state index contributed by atoms with van der Waals surface area (Å²) in [6, 6.07) is 9.04. The number of hydrogen-bond acceptors (Lipinski definition) is 4. The maximum absolute atomic E-state index is 12.7. The van der Waals surface area contributed by atoms with Gasteiger partial charge >= 0.3 is 0 Å². The molecule has 0 radical (unpaired) electrons. The maximum atomic E-state index is 12.7. The van der Waals surface area contributed by atoms with E-state index < -0.39 is 0 Å². The van der Waals surface area contributed by atoms with E-state index in [0.29, 0.717) is 30.6 Å². The Kier molecular flexibility index (Phi) is 5.26. The van der Waals surface area contributed by atoms with Crippen molar-refractivity contribution in [2.75, 3.05) is 18.0 Å². The highest BCUT2D eigenvalue weighted by Gasteiger charge is 2.33. The third-order valence-corrected chi connectivity index (χ3v) is 5.15. The number of H-pyrrole nitrogens is 1. The van der Waals surface area contributed by atoms with Gasteiger partial charge in [0.15, 0.2) is 0 Å². The highest BCUT2D eigenvalue weighted by molar-refractivity contribution is 5.99. The molecule has 1 N–H and O–H groups in total. The van der Waals surface area contributed by atoms with Gasteiger partial charge in [0.25, 0.3) is 0 Å². The molecule has 2 amide bonds. The fourth-order valence-corrected chi connectivity index (χ4v) is 3.37. The van der Waals surface area contributed by atoms with E-state index >= 15 is 0 Å². The number of nitriles is 1. The Bertz CT molecular complexity index is 911. The molecule has 0 unspecified atom stereocenters. The Morgan fingerprint density at radius 3 is 2.78 bits per heavy atom. The summed E-state index contributed by atoms with van der Waals surface area (Å²) in [7, 11) is 0. The standard InChI is InChI=1S/C20H23N5O2/c1-13-11-25(18-7-5-4-6-16(18)10-21)20(27)12-24(13)19(26)9-8-17-14(2)15(3)22-23-17/h4-7,13H,8-9,11-12H2,1-3H3,(H,22,23)/t13-/m1/s1. The average Bonchev–Trinajstić information content (AvgIpc) is 2.99. The van der Waals surface area contributed by atoms with Crippen molar-refractivity contribution in [1.82, 2.24) is 15.1 Å². The Balaban J connectivity index is 1.68. The van der Waals surface area contributed by atoms with Crippen LogP contribution in [0.3, 0.4) is 0 Å². The molecule has 0 bridgehead atoms. The molecule has 2 heterocycles. The van der Waals surface area contributed by atoms with Crippen LogP contribution >= 0.6 is 0 Å². The molecule has 0 saturated carbocycles. The van der Waals surface area contributed by atoms with Crippen molar-refractivity contribution in [2.24, 2.45) is 0 Å². The van der Waals surface area contributed by atoms with E-state index in [1.807, 2.05) is 20.8 Å². The maximum Gasteiger partial charge on any atom is 0.246 e. The molecule has 7 nitrogen and oxygen atoms in total. The molecule has 1 aliphatic heterocycles. The molecule has 1 atom stereocenters. The highest BCUT2D eigenvalue weighted by Crippen LogP contribution is 2.24. The number of carbonyl (C=O) groups excluding carboxylic acids is 2. The zero-order valence-corrected chi connectivity index (χ0v) is 15.8. The zero-order valence-electron chi connectivity index (χ0n) is 15.8. The SMILES string of the molecule is Cc1[nH]nc(CCC(=O)N2CC(=O)N(c3ccccc3C#N)C[C@H]2C)c1C. The first kappa shape index (κ1) is 18.6. The normalized spacial score (nSPS) is 17.1. The number of benzene rings is 1. The summed E-state index contributed by atoms with van der Waals surface area (Å²) in [5.41, 5.74) is 4.03. The van der Waals surface area contributed by atoms with Gasteiger partial charge in [-0.1, -0.05) is 12.1 Å². The summed E-state index contributed by atoms with van der Waals surface area (Å²) in [5, 5.41) is 16.4. The van der Waals surface area contributed by atoms with E-state index in [1.54, 1.807) is 34.1 Å². The molecule has 2 aromatic rings.